The lowest BCUT2D eigenvalue weighted by atomic mass is 10.0. The van der Waals surface area contributed by atoms with Gasteiger partial charge in [0.2, 0.25) is 0 Å². The summed E-state index contributed by atoms with van der Waals surface area (Å²) < 4.78 is 25.8. The molecule has 1 rings (SSSR count). The van der Waals surface area contributed by atoms with E-state index < -0.39 is 5.92 Å². The topological polar surface area (TPSA) is 46.2 Å². The number of benzene rings is 1. The predicted molar refractivity (Wildman–Crippen MR) is 50.4 cm³/mol. The van der Waals surface area contributed by atoms with Crippen LogP contribution in [0.25, 0.3) is 0 Å². The first kappa shape index (κ1) is 10.9. The van der Waals surface area contributed by atoms with E-state index in [2.05, 4.69) is 0 Å². The summed E-state index contributed by atoms with van der Waals surface area (Å²) in [6, 6.07) is 3.79. The summed E-state index contributed by atoms with van der Waals surface area (Å²) in [5.41, 5.74) is 5.66. The Kier molecular flexibility index (Phi) is 3.06. The minimum Gasteiger partial charge on any atom is -0.508 e. The summed E-state index contributed by atoms with van der Waals surface area (Å²) in [6.07, 6.45) is 0.399. The van der Waals surface area contributed by atoms with Crippen LogP contribution < -0.4 is 5.73 Å². The van der Waals surface area contributed by atoms with Gasteiger partial charge in [0, 0.05) is 12.5 Å². The maximum atomic E-state index is 12.9. The second kappa shape index (κ2) is 3.92. The van der Waals surface area contributed by atoms with E-state index in [0.717, 1.165) is 6.92 Å². The van der Waals surface area contributed by atoms with Crippen molar-refractivity contribution in [3.63, 3.8) is 0 Å². The molecule has 0 heterocycles. The van der Waals surface area contributed by atoms with Crippen molar-refractivity contribution in [3.8, 4) is 5.75 Å². The molecule has 0 saturated carbocycles. The fraction of sp³-hybridized carbons (Fsp3) is 0.400. The van der Waals surface area contributed by atoms with Crippen LogP contribution in [-0.2, 0) is 12.3 Å². The number of nitrogens with two attached hydrogens (primary N) is 1. The van der Waals surface area contributed by atoms with Crippen molar-refractivity contribution in [1.29, 1.82) is 0 Å². The van der Waals surface area contributed by atoms with Crippen LogP contribution in [0.5, 0.6) is 5.75 Å². The molecule has 78 valence electrons. The van der Waals surface area contributed by atoms with Gasteiger partial charge in [0.25, 0.3) is 5.92 Å². The van der Waals surface area contributed by atoms with E-state index in [1.807, 2.05) is 0 Å². The van der Waals surface area contributed by atoms with Crippen LogP contribution in [0, 0.1) is 0 Å². The molecule has 0 bridgehead atoms. The van der Waals surface area contributed by atoms with Gasteiger partial charge < -0.3 is 10.8 Å². The normalized spacial score (nSPS) is 11.7. The number of phenolic OH excluding ortho intramolecular Hbond substituents is 1. The minimum absolute atomic E-state index is 0.0171. The number of halogens is 2. The molecule has 0 aliphatic rings. The van der Waals surface area contributed by atoms with Crippen molar-refractivity contribution in [3.05, 3.63) is 29.3 Å². The molecule has 4 heteroatoms. The molecule has 0 aliphatic carbocycles. The average molecular weight is 201 g/mol. The molecule has 14 heavy (non-hydrogen) atoms. The lowest BCUT2D eigenvalue weighted by Gasteiger charge is -2.12. The van der Waals surface area contributed by atoms with Crippen molar-refractivity contribution in [1.82, 2.24) is 0 Å². The van der Waals surface area contributed by atoms with Gasteiger partial charge in [0.1, 0.15) is 5.75 Å². The molecule has 0 spiro atoms. The Labute approximate surface area is 81.4 Å². The van der Waals surface area contributed by atoms with Crippen LogP contribution >= 0.6 is 0 Å². The summed E-state index contributed by atoms with van der Waals surface area (Å²) in [4.78, 5) is 0. The van der Waals surface area contributed by atoms with E-state index in [0.29, 0.717) is 18.5 Å². The van der Waals surface area contributed by atoms with E-state index in [4.69, 9.17) is 5.73 Å². The first-order valence-electron chi connectivity index (χ1n) is 4.35. The average Bonchev–Trinajstić information content (AvgIpc) is 2.07. The van der Waals surface area contributed by atoms with Crippen LogP contribution in [0.3, 0.4) is 0 Å². The smallest absolute Gasteiger partial charge is 0.270 e. The Morgan fingerprint density at radius 2 is 2.07 bits per heavy atom. The largest absolute Gasteiger partial charge is 0.508 e. The van der Waals surface area contributed by atoms with E-state index in [1.54, 1.807) is 0 Å². The molecule has 0 fully saturated rings. The molecule has 0 aliphatic heterocycles. The van der Waals surface area contributed by atoms with Gasteiger partial charge in [-0.1, -0.05) is 0 Å². The van der Waals surface area contributed by atoms with E-state index >= 15 is 0 Å². The molecule has 0 unspecified atom stereocenters. The quantitative estimate of drug-likeness (QED) is 0.785. The highest BCUT2D eigenvalue weighted by molar-refractivity contribution is 5.37. The van der Waals surface area contributed by atoms with E-state index in [-0.39, 0.29) is 11.3 Å². The monoisotopic (exact) mass is 201 g/mol. The number of hydrogen-bond acceptors (Lipinski definition) is 2. The molecule has 1 aromatic rings. The molecule has 3 N–H and O–H groups in total. The van der Waals surface area contributed by atoms with E-state index in [9.17, 15) is 13.9 Å². The minimum atomic E-state index is -2.88. The SMILES string of the molecule is CC(F)(F)c1ccc(O)c(CCN)c1. The second-order valence-corrected chi connectivity index (χ2v) is 3.27. The third-order valence-electron chi connectivity index (χ3n) is 2.00. The van der Waals surface area contributed by atoms with Crippen LogP contribution in [0.2, 0.25) is 0 Å². The van der Waals surface area contributed by atoms with Gasteiger partial charge in [-0.15, -0.1) is 0 Å². The van der Waals surface area contributed by atoms with Crippen LogP contribution in [0.15, 0.2) is 18.2 Å². The van der Waals surface area contributed by atoms with Crippen molar-refractivity contribution in [2.75, 3.05) is 6.54 Å². The van der Waals surface area contributed by atoms with Gasteiger partial charge in [-0.2, -0.15) is 0 Å². The Hall–Kier alpha value is -1.16. The third-order valence-corrected chi connectivity index (χ3v) is 2.00. The molecule has 0 saturated heterocycles. The molecule has 0 atom stereocenters. The Morgan fingerprint density at radius 3 is 2.57 bits per heavy atom. The fourth-order valence-electron chi connectivity index (χ4n) is 1.21. The highest BCUT2D eigenvalue weighted by atomic mass is 19.3. The van der Waals surface area contributed by atoms with Gasteiger partial charge in [0.05, 0.1) is 0 Å². The van der Waals surface area contributed by atoms with Gasteiger partial charge in [-0.3, -0.25) is 0 Å². The number of aromatic hydroxyl groups is 1. The lowest BCUT2D eigenvalue weighted by Crippen LogP contribution is -2.09. The molecular formula is C10H13F2NO. The van der Waals surface area contributed by atoms with Crippen LogP contribution in [-0.4, -0.2) is 11.7 Å². The van der Waals surface area contributed by atoms with Gasteiger partial charge in [-0.25, -0.2) is 8.78 Å². The Balaban J connectivity index is 3.06. The molecular weight excluding hydrogens is 188 g/mol. The summed E-state index contributed by atoms with van der Waals surface area (Å²) in [6.45, 7) is 1.15. The Bertz CT molecular complexity index is 320. The molecule has 0 radical (unpaired) electrons. The zero-order valence-corrected chi connectivity index (χ0v) is 7.93. The summed E-state index contributed by atoms with van der Waals surface area (Å²) in [5.74, 6) is -2.86. The number of rotatable bonds is 3. The zero-order chi connectivity index (χ0) is 10.8. The first-order valence-corrected chi connectivity index (χ1v) is 4.35. The molecule has 0 aromatic heterocycles. The molecule has 0 amide bonds. The zero-order valence-electron chi connectivity index (χ0n) is 7.93. The third kappa shape index (κ3) is 2.42. The van der Waals surface area contributed by atoms with Crippen LogP contribution in [0.4, 0.5) is 8.78 Å². The van der Waals surface area contributed by atoms with Crippen LogP contribution in [0.1, 0.15) is 18.1 Å². The molecule has 1 aromatic carbocycles. The standard InChI is InChI=1S/C10H13F2NO/c1-10(11,12)8-2-3-9(14)7(6-8)4-5-13/h2-3,6,14H,4-5,13H2,1H3. The fourth-order valence-corrected chi connectivity index (χ4v) is 1.21. The Morgan fingerprint density at radius 1 is 1.43 bits per heavy atom. The predicted octanol–water partition coefficient (Wildman–Crippen LogP) is 2.01. The van der Waals surface area contributed by atoms with Gasteiger partial charge in [-0.05, 0) is 36.7 Å². The highest BCUT2D eigenvalue weighted by Crippen LogP contribution is 2.30. The van der Waals surface area contributed by atoms with Crippen molar-refractivity contribution >= 4 is 0 Å². The lowest BCUT2D eigenvalue weighted by molar-refractivity contribution is 0.0173. The highest BCUT2D eigenvalue weighted by Gasteiger charge is 2.24. The summed E-state index contributed by atoms with van der Waals surface area (Å²) in [7, 11) is 0. The first-order chi connectivity index (χ1) is 6.45. The van der Waals surface area contributed by atoms with Gasteiger partial charge >= 0.3 is 0 Å². The molecule has 2 nitrogen and oxygen atoms in total. The number of alkyl halides is 2. The van der Waals surface area contributed by atoms with Crippen molar-refractivity contribution in [2.24, 2.45) is 5.73 Å². The van der Waals surface area contributed by atoms with Crippen molar-refractivity contribution in [2.45, 2.75) is 19.3 Å². The van der Waals surface area contributed by atoms with E-state index in [1.165, 1.54) is 18.2 Å². The van der Waals surface area contributed by atoms with Crippen molar-refractivity contribution < 1.29 is 13.9 Å². The summed E-state index contributed by atoms with van der Waals surface area (Å²) in [5, 5.41) is 9.33. The summed E-state index contributed by atoms with van der Waals surface area (Å²) >= 11 is 0. The second-order valence-electron chi connectivity index (χ2n) is 3.27. The number of phenols is 1. The van der Waals surface area contributed by atoms with Gasteiger partial charge in [0.15, 0.2) is 0 Å². The maximum Gasteiger partial charge on any atom is 0.270 e. The maximum absolute atomic E-state index is 12.9. The number of hydrogen-bond donors (Lipinski definition) is 2.